The van der Waals surface area contributed by atoms with Gasteiger partial charge in [-0.25, -0.2) is 9.59 Å². The normalized spacial score (nSPS) is 14.9. The second-order valence-corrected chi connectivity index (χ2v) is 8.23. The number of carbonyl (C=O) groups is 1. The third-order valence-corrected chi connectivity index (χ3v) is 5.99. The van der Waals surface area contributed by atoms with Gasteiger partial charge in [-0.3, -0.25) is 9.47 Å². The predicted octanol–water partition coefficient (Wildman–Crippen LogP) is 3.60. The molecule has 1 saturated heterocycles. The monoisotopic (exact) mass is 470 g/mol. The van der Waals surface area contributed by atoms with E-state index in [0.717, 1.165) is 43.6 Å². The van der Waals surface area contributed by atoms with E-state index in [2.05, 4.69) is 9.88 Å². The number of aromatic amines is 1. The van der Waals surface area contributed by atoms with E-state index in [1.54, 1.807) is 16.7 Å². The van der Waals surface area contributed by atoms with Crippen molar-refractivity contribution in [3.05, 3.63) is 46.4 Å². The van der Waals surface area contributed by atoms with Gasteiger partial charge in [0.25, 0.3) is 0 Å². The standard InChI is InChI=1S/C24H30N4O6/c1-3-32-20-11-15(12-21(22(20)25)33-4-2)14-27-9-7-16(8-10-27)28-19-6-5-17(34-24(30)31)13-18(19)26-23(28)29/h5-6,11-13,16H,3-4,7-10,14,25H2,1-2H3,(H,26,29)(H,30,31). The van der Waals surface area contributed by atoms with Crippen LogP contribution in [0.5, 0.6) is 17.2 Å². The van der Waals surface area contributed by atoms with E-state index in [4.69, 9.17) is 25.1 Å². The van der Waals surface area contributed by atoms with Gasteiger partial charge in [-0.1, -0.05) is 0 Å². The van der Waals surface area contributed by atoms with Crippen LogP contribution in [0, 0.1) is 0 Å². The number of hydrogen-bond acceptors (Lipinski definition) is 7. The Morgan fingerprint density at radius 1 is 1.12 bits per heavy atom. The van der Waals surface area contributed by atoms with Crippen molar-refractivity contribution >= 4 is 22.9 Å². The lowest BCUT2D eigenvalue weighted by molar-refractivity contribution is 0.144. The molecule has 182 valence electrons. The summed E-state index contributed by atoms with van der Waals surface area (Å²) in [7, 11) is 0. The number of aromatic nitrogens is 2. The molecule has 3 aromatic rings. The molecule has 34 heavy (non-hydrogen) atoms. The van der Waals surface area contributed by atoms with Crippen LogP contribution in [0.25, 0.3) is 11.0 Å². The minimum atomic E-state index is -1.39. The Kier molecular flexibility index (Phi) is 6.97. The number of nitrogens with one attached hydrogen (secondary N) is 1. The van der Waals surface area contributed by atoms with Gasteiger partial charge in [0, 0.05) is 31.7 Å². The van der Waals surface area contributed by atoms with Gasteiger partial charge in [-0.2, -0.15) is 0 Å². The number of H-pyrrole nitrogens is 1. The van der Waals surface area contributed by atoms with Gasteiger partial charge in [-0.05, 0) is 56.5 Å². The van der Waals surface area contributed by atoms with E-state index in [1.165, 1.54) is 6.07 Å². The summed E-state index contributed by atoms with van der Waals surface area (Å²) in [6, 6.07) is 8.79. The minimum absolute atomic E-state index is 0.0492. The Labute approximate surface area is 196 Å². The van der Waals surface area contributed by atoms with E-state index < -0.39 is 6.16 Å². The van der Waals surface area contributed by atoms with Crippen LogP contribution in [0.4, 0.5) is 10.5 Å². The SMILES string of the molecule is CCOc1cc(CN2CCC(n3c(=O)[nH]c4cc(OC(=O)O)ccc43)CC2)cc(OCC)c1N. The second kappa shape index (κ2) is 10.1. The van der Waals surface area contributed by atoms with Crippen molar-refractivity contribution in [1.29, 1.82) is 0 Å². The van der Waals surface area contributed by atoms with Crippen molar-refractivity contribution in [2.24, 2.45) is 0 Å². The van der Waals surface area contributed by atoms with Crippen molar-refractivity contribution in [3.8, 4) is 17.2 Å². The van der Waals surface area contributed by atoms with Gasteiger partial charge < -0.3 is 30.0 Å². The first-order valence-electron chi connectivity index (χ1n) is 11.4. The van der Waals surface area contributed by atoms with Gasteiger partial charge in [0.15, 0.2) is 0 Å². The Balaban J connectivity index is 1.47. The Morgan fingerprint density at radius 2 is 1.76 bits per heavy atom. The molecule has 0 saturated carbocycles. The summed E-state index contributed by atoms with van der Waals surface area (Å²) >= 11 is 0. The zero-order valence-corrected chi connectivity index (χ0v) is 19.4. The largest absolute Gasteiger partial charge is 0.511 e. The van der Waals surface area contributed by atoms with Crippen LogP contribution in [0.15, 0.2) is 35.1 Å². The van der Waals surface area contributed by atoms with E-state index in [9.17, 15) is 9.59 Å². The van der Waals surface area contributed by atoms with Crippen molar-refractivity contribution in [1.82, 2.24) is 14.5 Å². The number of anilines is 1. The first kappa shape index (κ1) is 23.5. The molecule has 0 radical (unpaired) electrons. The molecular formula is C24H30N4O6. The number of ether oxygens (including phenoxy) is 3. The first-order chi connectivity index (χ1) is 16.4. The quantitative estimate of drug-likeness (QED) is 0.258. The van der Waals surface area contributed by atoms with Crippen LogP contribution in [0.1, 0.15) is 38.3 Å². The predicted molar refractivity (Wildman–Crippen MR) is 128 cm³/mol. The van der Waals surface area contributed by atoms with Gasteiger partial charge in [-0.15, -0.1) is 0 Å². The van der Waals surface area contributed by atoms with Gasteiger partial charge in [0.1, 0.15) is 22.9 Å². The molecule has 2 heterocycles. The fourth-order valence-electron chi connectivity index (χ4n) is 4.53. The van der Waals surface area contributed by atoms with Crippen molar-refractivity contribution in [2.75, 3.05) is 32.0 Å². The number of nitrogens with two attached hydrogens (primary N) is 1. The fraction of sp³-hybridized carbons (Fsp3) is 0.417. The maximum Gasteiger partial charge on any atom is 0.511 e. The van der Waals surface area contributed by atoms with Crippen LogP contribution >= 0.6 is 0 Å². The average molecular weight is 471 g/mol. The molecule has 10 heteroatoms. The second-order valence-electron chi connectivity index (χ2n) is 8.23. The molecule has 0 spiro atoms. The lowest BCUT2D eigenvalue weighted by Gasteiger charge is -2.32. The Bertz CT molecular complexity index is 1200. The zero-order chi connectivity index (χ0) is 24.2. The zero-order valence-electron chi connectivity index (χ0n) is 19.4. The number of nitrogens with zero attached hydrogens (tertiary/aromatic N) is 2. The van der Waals surface area contributed by atoms with E-state index in [-0.39, 0.29) is 17.5 Å². The molecule has 2 aromatic carbocycles. The molecule has 0 bridgehead atoms. The number of piperidine rings is 1. The summed E-state index contributed by atoms with van der Waals surface area (Å²) in [5, 5.41) is 8.81. The molecule has 0 aliphatic carbocycles. The molecule has 4 rings (SSSR count). The van der Waals surface area contributed by atoms with E-state index in [1.807, 2.05) is 26.0 Å². The molecule has 0 amide bonds. The highest BCUT2D eigenvalue weighted by atomic mass is 16.7. The summed E-state index contributed by atoms with van der Waals surface area (Å²) in [5.41, 5.74) is 8.85. The Morgan fingerprint density at radius 3 is 2.35 bits per heavy atom. The molecule has 1 aliphatic rings. The lowest BCUT2D eigenvalue weighted by Crippen LogP contribution is -2.36. The number of fused-ring (bicyclic) bond motifs is 1. The first-order valence-corrected chi connectivity index (χ1v) is 11.4. The van der Waals surface area contributed by atoms with Gasteiger partial charge in [0.05, 0.1) is 24.2 Å². The van der Waals surface area contributed by atoms with Crippen LogP contribution in [0.3, 0.4) is 0 Å². The van der Waals surface area contributed by atoms with Crippen molar-refractivity contribution in [2.45, 2.75) is 39.3 Å². The maximum atomic E-state index is 12.7. The number of benzene rings is 2. The van der Waals surface area contributed by atoms with Crippen molar-refractivity contribution < 1.29 is 24.1 Å². The van der Waals surface area contributed by atoms with Crippen LogP contribution in [-0.4, -0.2) is 52.0 Å². The highest BCUT2D eigenvalue weighted by molar-refractivity contribution is 5.78. The summed E-state index contributed by atoms with van der Waals surface area (Å²) in [6.45, 7) is 7.26. The molecule has 0 unspecified atom stereocenters. The molecule has 1 aromatic heterocycles. The van der Waals surface area contributed by atoms with Crippen LogP contribution in [0.2, 0.25) is 0 Å². The topological polar surface area (TPSA) is 132 Å². The number of nitrogen functional groups attached to an aromatic ring is 1. The van der Waals surface area contributed by atoms with E-state index in [0.29, 0.717) is 35.9 Å². The number of imidazole rings is 1. The molecular weight excluding hydrogens is 440 g/mol. The smallest absolute Gasteiger partial charge is 0.492 e. The lowest BCUT2D eigenvalue weighted by atomic mass is 10.0. The third kappa shape index (κ3) is 4.96. The average Bonchev–Trinajstić information content (AvgIpc) is 3.12. The summed E-state index contributed by atoms with van der Waals surface area (Å²) in [5.74, 6) is 1.44. The van der Waals surface area contributed by atoms with Gasteiger partial charge in [0.2, 0.25) is 0 Å². The molecule has 1 fully saturated rings. The van der Waals surface area contributed by atoms with Crippen LogP contribution in [-0.2, 0) is 6.54 Å². The highest BCUT2D eigenvalue weighted by Crippen LogP contribution is 2.35. The summed E-state index contributed by atoms with van der Waals surface area (Å²) in [4.78, 5) is 28.6. The number of hydrogen-bond donors (Lipinski definition) is 3. The number of likely N-dealkylation sites (tertiary alicyclic amines) is 1. The highest BCUT2D eigenvalue weighted by Gasteiger charge is 2.24. The minimum Gasteiger partial charge on any atom is -0.492 e. The maximum absolute atomic E-state index is 12.7. The summed E-state index contributed by atoms with van der Waals surface area (Å²) < 4.78 is 17.9. The fourth-order valence-corrected chi connectivity index (χ4v) is 4.53. The van der Waals surface area contributed by atoms with Crippen LogP contribution < -0.4 is 25.6 Å². The Hall–Kier alpha value is -3.66. The van der Waals surface area contributed by atoms with E-state index >= 15 is 0 Å². The summed E-state index contributed by atoms with van der Waals surface area (Å²) in [6.07, 6.45) is 0.230. The molecule has 0 atom stereocenters. The molecule has 1 aliphatic heterocycles. The van der Waals surface area contributed by atoms with Crippen molar-refractivity contribution in [3.63, 3.8) is 0 Å². The number of rotatable bonds is 8. The molecule has 10 nitrogen and oxygen atoms in total. The van der Waals surface area contributed by atoms with Gasteiger partial charge >= 0.3 is 11.8 Å². The number of carboxylic acid groups (broad SMARTS) is 1. The molecule has 4 N–H and O–H groups in total. The third-order valence-electron chi connectivity index (χ3n) is 5.99.